The van der Waals surface area contributed by atoms with Crippen molar-refractivity contribution >= 4 is 47.0 Å². The maximum absolute atomic E-state index is 13.1. The van der Waals surface area contributed by atoms with Crippen molar-refractivity contribution in [3.05, 3.63) is 41.1 Å². The Morgan fingerprint density at radius 1 is 1.39 bits per heavy atom. The third-order valence-electron chi connectivity index (χ3n) is 5.34. The number of hydrogen-bond acceptors (Lipinski definition) is 11. The molecule has 36 heavy (non-hydrogen) atoms. The number of aliphatic carboxylic acids is 1. The normalized spacial score (nSPS) is 19.5. The smallest absolute Gasteiger partial charge is 0.352 e. The molecule has 0 saturated carbocycles. The van der Waals surface area contributed by atoms with Gasteiger partial charge in [-0.2, -0.15) is 0 Å². The molecule has 13 nitrogen and oxygen atoms in total. The van der Waals surface area contributed by atoms with E-state index in [1.165, 1.54) is 40.2 Å². The molecule has 2 aliphatic heterocycles. The molecule has 2 aliphatic rings. The van der Waals surface area contributed by atoms with E-state index in [2.05, 4.69) is 26.0 Å². The highest BCUT2D eigenvalue weighted by atomic mass is 32.2. The first-order valence-corrected chi connectivity index (χ1v) is 12.8. The number of carboxylic acid groups (broad SMARTS) is 1. The molecule has 4 rings (SSSR count). The molecule has 2 N–H and O–H groups in total. The van der Waals surface area contributed by atoms with E-state index >= 15 is 0 Å². The van der Waals surface area contributed by atoms with Gasteiger partial charge in [0.15, 0.2) is 5.71 Å². The van der Waals surface area contributed by atoms with E-state index in [9.17, 15) is 19.5 Å². The van der Waals surface area contributed by atoms with Crippen molar-refractivity contribution in [1.82, 2.24) is 30.4 Å². The average Bonchev–Trinajstić information content (AvgIpc) is 3.30. The van der Waals surface area contributed by atoms with Crippen molar-refractivity contribution in [3.8, 4) is 5.75 Å². The number of ether oxygens (including phenoxy) is 1. The standard InChI is InChI=1S/C21H23N7O6S2/c1-4-34-24-14(11-6-5-7-13(8-11)33-3)17(29)22-15-18(30)28-16(20(31)32)12(9-35-19(15)28)10-36-21-23-25-26-27(21)2/h5-8,15,19H,4,9-10H2,1-3H3,(H,22,29)(H,31,32)/b24-14-/t15?,19-/m1/s1. The Hall–Kier alpha value is -3.59. The molecule has 1 fully saturated rings. The Morgan fingerprint density at radius 3 is 2.86 bits per heavy atom. The summed E-state index contributed by atoms with van der Waals surface area (Å²) in [7, 11) is 3.19. The molecular weight excluding hydrogens is 510 g/mol. The summed E-state index contributed by atoms with van der Waals surface area (Å²) < 4.78 is 6.70. The molecule has 1 aromatic carbocycles. The predicted molar refractivity (Wildman–Crippen MR) is 130 cm³/mol. The summed E-state index contributed by atoms with van der Waals surface area (Å²) in [6.45, 7) is 1.97. The van der Waals surface area contributed by atoms with E-state index in [0.717, 1.165) is 0 Å². The van der Waals surface area contributed by atoms with Crippen LogP contribution in [0.5, 0.6) is 5.75 Å². The van der Waals surface area contributed by atoms with E-state index in [4.69, 9.17) is 9.57 Å². The number of hydrogen-bond donors (Lipinski definition) is 2. The van der Waals surface area contributed by atoms with Gasteiger partial charge in [0, 0.05) is 24.1 Å². The van der Waals surface area contributed by atoms with Gasteiger partial charge in [0.05, 0.1) is 7.11 Å². The zero-order valence-electron chi connectivity index (χ0n) is 19.6. The fraction of sp³-hybridized carbons (Fsp3) is 0.381. The van der Waals surface area contributed by atoms with Gasteiger partial charge in [0.2, 0.25) is 5.16 Å². The molecule has 1 saturated heterocycles. The van der Waals surface area contributed by atoms with Crippen molar-refractivity contribution in [2.24, 2.45) is 12.2 Å². The quantitative estimate of drug-likeness (QED) is 0.189. The van der Waals surface area contributed by atoms with Crippen molar-refractivity contribution < 1.29 is 29.1 Å². The Labute approximate surface area is 214 Å². The Balaban J connectivity index is 1.51. The summed E-state index contributed by atoms with van der Waals surface area (Å²) in [5, 5.41) is 27.7. The van der Waals surface area contributed by atoms with Gasteiger partial charge in [0.1, 0.15) is 29.5 Å². The Bertz CT molecular complexity index is 1250. The second kappa shape index (κ2) is 11.0. The number of tetrazole rings is 1. The van der Waals surface area contributed by atoms with E-state index in [1.54, 1.807) is 38.2 Å². The minimum atomic E-state index is -1.21. The largest absolute Gasteiger partial charge is 0.497 e. The van der Waals surface area contributed by atoms with E-state index in [-0.39, 0.29) is 18.0 Å². The van der Waals surface area contributed by atoms with Crippen LogP contribution in [-0.2, 0) is 26.3 Å². The molecule has 1 aromatic heterocycles. The van der Waals surface area contributed by atoms with Gasteiger partial charge in [-0.15, -0.1) is 16.9 Å². The molecule has 2 amide bonds. The fourth-order valence-electron chi connectivity index (χ4n) is 3.62. The summed E-state index contributed by atoms with van der Waals surface area (Å²) in [5.74, 6) is -1.14. The first kappa shape index (κ1) is 25.5. The number of nitrogens with one attached hydrogen (secondary N) is 1. The number of rotatable bonds is 10. The molecule has 190 valence electrons. The van der Waals surface area contributed by atoms with Gasteiger partial charge < -0.3 is 20.0 Å². The monoisotopic (exact) mass is 533 g/mol. The number of methoxy groups -OCH3 is 1. The number of aryl methyl sites for hydroxylation is 1. The van der Waals surface area contributed by atoms with Gasteiger partial charge in [0.25, 0.3) is 11.8 Å². The highest BCUT2D eigenvalue weighted by molar-refractivity contribution is 8.01. The van der Waals surface area contributed by atoms with Crippen LogP contribution in [0.15, 0.2) is 45.8 Å². The summed E-state index contributed by atoms with van der Waals surface area (Å²) >= 11 is 2.65. The first-order chi connectivity index (χ1) is 17.3. The van der Waals surface area contributed by atoms with Gasteiger partial charge >= 0.3 is 5.97 Å². The highest BCUT2D eigenvalue weighted by Crippen LogP contribution is 2.41. The number of aromatic nitrogens is 4. The van der Waals surface area contributed by atoms with Crippen LogP contribution < -0.4 is 10.1 Å². The van der Waals surface area contributed by atoms with Crippen molar-refractivity contribution in [2.45, 2.75) is 23.5 Å². The maximum atomic E-state index is 13.1. The number of carbonyl (C=O) groups excluding carboxylic acids is 2. The zero-order chi connectivity index (χ0) is 25.8. The average molecular weight is 534 g/mol. The van der Waals surface area contributed by atoms with Crippen LogP contribution in [0.4, 0.5) is 0 Å². The molecule has 0 aliphatic carbocycles. The van der Waals surface area contributed by atoms with E-state index < -0.39 is 29.2 Å². The highest BCUT2D eigenvalue weighted by Gasteiger charge is 2.54. The van der Waals surface area contributed by atoms with Crippen LogP contribution >= 0.6 is 23.5 Å². The van der Waals surface area contributed by atoms with E-state index in [0.29, 0.717) is 33.5 Å². The lowest BCUT2D eigenvalue weighted by molar-refractivity contribution is -0.150. The number of oxime groups is 1. The molecule has 1 unspecified atom stereocenters. The third kappa shape index (κ3) is 5.02. The van der Waals surface area contributed by atoms with Crippen LogP contribution in [0.1, 0.15) is 12.5 Å². The maximum Gasteiger partial charge on any atom is 0.352 e. The van der Waals surface area contributed by atoms with Crippen LogP contribution in [-0.4, -0.2) is 90.3 Å². The molecule has 2 atom stereocenters. The second-order valence-electron chi connectivity index (χ2n) is 7.58. The van der Waals surface area contributed by atoms with Crippen LogP contribution in [0.3, 0.4) is 0 Å². The number of fused-ring (bicyclic) bond motifs is 1. The minimum Gasteiger partial charge on any atom is -0.497 e. The summed E-state index contributed by atoms with van der Waals surface area (Å²) in [4.78, 5) is 44.6. The van der Waals surface area contributed by atoms with Crippen LogP contribution in [0.2, 0.25) is 0 Å². The van der Waals surface area contributed by atoms with Crippen molar-refractivity contribution in [2.75, 3.05) is 25.2 Å². The zero-order valence-corrected chi connectivity index (χ0v) is 21.2. The van der Waals surface area contributed by atoms with Gasteiger partial charge in [-0.05, 0) is 35.1 Å². The fourth-order valence-corrected chi connectivity index (χ4v) is 5.96. The topological polar surface area (TPSA) is 161 Å². The number of β-lactam (4-membered cyclic amide) rings is 1. The summed E-state index contributed by atoms with van der Waals surface area (Å²) in [6.07, 6.45) is 0. The number of carbonyl (C=O) groups is 3. The first-order valence-electron chi connectivity index (χ1n) is 10.8. The third-order valence-corrected chi connectivity index (χ3v) is 7.77. The van der Waals surface area contributed by atoms with Crippen molar-refractivity contribution in [1.29, 1.82) is 0 Å². The minimum absolute atomic E-state index is 0.0221. The van der Waals surface area contributed by atoms with Crippen molar-refractivity contribution in [3.63, 3.8) is 0 Å². The van der Waals surface area contributed by atoms with Gasteiger partial charge in [-0.3, -0.25) is 14.5 Å². The SMILES string of the molecule is CCO/N=C(\C(=O)NC1C(=O)N2C(C(=O)O)=C(CSc3nnnn3C)CS[C@H]12)c1cccc(OC)c1. The lowest BCUT2D eigenvalue weighted by Gasteiger charge is -2.49. The molecule has 0 radical (unpaired) electrons. The number of nitrogens with zero attached hydrogens (tertiary/aromatic N) is 6. The van der Waals surface area contributed by atoms with Crippen LogP contribution in [0, 0.1) is 0 Å². The lowest BCUT2D eigenvalue weighted by Crippen LogP contribution is -2.71. The number of benzene rings is 1. The molecule has 15 heteroatoms. The van der Waals surface area contributed by atoms with Crippen LogP contribution in [0.25, 0.3) is 0 Å². The van der Waals surface area contributed by atoms with E-state index in [1.807, 2.05) is 0 Å². The molecule has 0 bridgehead atoms. The number of amides is 2. The molecule has 2 aromatic rings. The second-order valence-corrected chi connectivity index (χ2v) is 9.63. The molecular formula is C21H23N7O6S2. The molecule has 0 spiro atoms. The lowest BCUT2D eigenvalue weighted by atomic mass is 10.0. The summed E-state index contributed by atoms with van der Waals surface area (Å²) in [5.41, 5.74) is 0.924. The summed E-state index contributed by atoms with van der Waals surface area (Å²) in [6, 6.07) is 5.82. The van der Waals surface area contributed by atoms with Gasteiger partial charge in [-0.1, -0.05) is 29.1 Å². The number of carboxylic acids is 1. The van der Waals surface area contributed by atoms with Gasteiger partial charge in [-0.25, -0.2) is 9.48 Å². The Morgan fingerprint density at radius 2 is 2.19 bits per heavy atom. The molecule has 3 heterocycles. The Kier molecular flexibility index (Phi) is 7.79. The number of thioether (sulfide) groups is 2. The predicted octanol–water partition coefficient (Wildman–Crippen LogP) is 0.490.